The maximum Gasteiger partial charge on any atom is 0.413 e. The Kier molecular flexibility index (Phi) is 2.61. The van der Waals surface area contributed by atoms with Gasteiger partial charge in [0.05, 0.1) is 6.04 Å². The van der Waals surface area contributed by atoms with Gasteiger partial charge in [-0.2, -0.15) is 0 Å². The van der Waals surface area contributed by atoms with Gasteiger partial charge in [0.2, 0.25) is 0 Å². The Labute approximate surface area is 96.6 Å². The first-order valence-corrected chi connectivity index (χ1v) is 5.74. The maximum absolute atomic E-state index is 14.4. The molecule has 2 bridgehead atoms. The normalized spacial score (nSPS) is 34.0. The van der Waals surface area contributed by atoms with Gasteiger partial charge >= 0.3 is 6.09 Å². The van der Waals surface area contributed by atoms with Gasteiger partial charge in [0.15, 0.2) is 5.79 Å². The standard InChI is InChI=1S/C11H19FN2O2.H2/c1-10(2,3)16-9(15)14-8-4-5-11(14,12)7-13-6-8;/h8,13H,4-7H2,1-3H3;1H. The second-order valence-electron chi connectivity index (χ2n) is 5.59. The van der Waals surface area contributed by atoms with E-state index in [0.717, 1.165) is 0 Å². The highest BCUT2D eigenvalue weighted by Gasteiger charge is 2.53. The Hall–Kier alpha value is -0.840. The number of alkyl halides is 1. The molecule has 0 aromatic carbocycles. The topological polar surface area (TPSA) is 41.6 Å². The molecule has 0 aliphatic carbocycles. The lowest BCUT2D eigenvalue weighted by molar-refractivity contribution is -0.0557. The number of piperazine rings is 1. The van der Waals surface area contributed by atoms with Crippen molar-refractivity contribution in [3.63, 3.8) is 0 Å². The largest absolute Gasteiger partial charge is 0.444 e. The number of nitrogens with one attached hydrogen (secondary N) is 1. The summed E-state index contributed by atoms with van der Waals surface area (Å²) in [5.74, 6) is -1.55. The number of halogens is 1. The van der Waals surface area contributed by atoms with Crippen molar-refractivity contribution < 1.29 is 15.3 Å². The van der Waals surface area contributed by atoms with E-state index in [1.807, 2.05) is 0 Å². The molecule has 0 aromatic rings. The number of hydrogen-bond donors (Lipinski definition) is 1. The number of hydrogen-bond acceptors (Lipinski definition) is 3. The van der Waals surface area contributed by atoms with Crippen molar-refractivity contribution in [2.45, 2.75) is 51.0 Å². The van der Waals surface area contributed by atoms with Crippen LogP contribution in [0.2, 0.25) is 0 Å². The molecule has 2 saturated heterocycles. The molecule has 1 N–H and O–H groups in total. The van der Waals surface area contributed by atoms with E-state index in [-0.39, 0.29) is 14.0 Å². The van der Waals surface area contributed by atoms with Crippen LogP contribution in [0.3, 0.4) is 0 Å². The van der Waals surface area contributed by atoms with Gasteiger partial charge in [-0.05, 0) is 27.2 Å². The van der Waals surface area contributed by atoms with Crippen molar-refractivity contribution >= 4 is 6.09 Å². The van der Waals surface area contributed by atoms with Gasteiger partial charge in [-0.15, -0.1) is 0 Å². The summed E-state index contributed by atoms with van der Waals surface area (Å²) < 4.78 is 19.6. The van der Waals surface area contributed by atoms with E-state index < -0.39 is 17.5 Å². The monoisotopic (exact) mass is 232 g/mol. The molecule has 2 heterocycles. The third kappa shape index (κ3) is 2.00. The van der Waals surface area contributed by atoms with Gasteiger partial charge in [0.1, 0.15) is 5.60 Å². The zero-order valence-corrected chi connectivity index (χ0v) is 10.0. The minimum Gasteiger partial charge on any atom is -0.444 e. The Balaban J connectivity index is 0.00000144. The van der Waals surface area contributed by atoms with Crippen LogP contribution in [0.4, 0.5) is 9.18 Å². The van der Waals surface area contributed by atoms with Crippen LogP contribution in [-0.2, 0) is 4.74 Å². The fraction of sp³-hybridized carbons (Fsp3) is 0.909. The average Bonchev–Trinajstić information content (AvgIpc) is 2.30. The molecule has 2 atom stereocenters. The summed E-state index contributed by atoms with van der Waals surface area (Å²) in [6.07, 6.45) is 0.589. The van der Waals surface area contributed by atoms with Crippen molar-refractivity contribution in [2.75, 3.05) is 13.1 Å². The van der Waals surface area contributed by atoms with Gasteiger partial charge in [0, 0.05) is 20.9 Å². The Morgan fingerprint density at radius 3 is 2.88 bits per heavy atom. The highest BCUT2D eigenvalue weighted by molar-refractivity contribution is 5.70. The third-order valence-electron chi connectivity index (χ3n) is 3.02. The molecule has 0 radical (unpaired) electrons. The maximum atomic E-state index is 14.4. The molecular formula is C11H21FN2O2. The van der Waals surface area contributed by atoms with E-state index in [2.05, 4.69) is 5.32 Å². The van der Waals surface area contributed by atoms with Crippen molar-refractivity contribution in [3.8, 4) is 0 Å². The predicted octanol–water partition coefficient (Wildman–Crippen LogP) is 1.90. The molecule has 4 nitrogen and oxygen atoms in total. The van der Waals surface area contributed by atoms with Crippen LogP contribution < -0.4 is 5.32 Å². The number of fused-ring (bicyclic) bond motifs is 2. The minimum absolute atomic E-state index is 0. The zero-order valence-electron chi connectivity index (χ0n) is 10.0. The summed E-state index contributed by atoms with van der Waals surface area (Å²) in [6.45, 7) is 6.24. The van der Waals surface area contributed by atoms with Crippen LogP contribution in [0, 0.1) is 0 Å². The van der Waals surface area contributed by atoms with Crippen molar-refractivity contribution in [3.05, 3.63) is 0 Å². The fourth-order valence-corrected chi connectivity index (χ4v) is 2.39. The Morgan fingerprint density at radius 1 is 1.62 bits per heavy atom. The summed E-state index contributed by atoms with van der Waals surface area (Å²) in [4.78, 5) is 13.2. The molecule has 0 aromatic heterocycles. The van der Waals surface area contributed by atoms with Crippen LogP contribution in [0.5, 0.6) is 0 Å². The first kappa shape index (κ1) is 11.6. The number of nitrogens with zero attached hydrogens (tertiary/aromatic N) is 1. The average molecular weight is 232 g/mol. The number of carbonyl (C=O) groups is 1. The summed E-state index contributed by atoms with van der Waals surface area (Å²) >= 11 is 0. The molecule has 1 amide bonds. The SMILES string of the molecule is CC(C)(C)OC(=O)N1C2CCC1(F)CNC2.[HH]. The molecular weight excluding hydrogens is 211 g/mol. The first-order chi connectivity index (χ1) is 7.32. The fourth-order valence-electron chi connectivity index (χ4n) is 2.39. The van der Waals surface area contributed by atoms with Gasteiger partial charge in [0.25, 0.3) is 0 Å². The van der Waals surface area contributed by atoms with E-state index in [9.17, 15) is 9.18 Å². The molecule has 2 unspecified atom stereocenters. The molecule has 0 spiro atoms. The van der Waals surface area contributed by atoms with Crippen molar-refractivity contribution in [1.29, 1.82) is 0 Å². The first-order valence-electron chi connectivity index (χ1n) is 5.74. The van der Waals surface area contributed by atoms with Gasteiger partial charge in [-0.25, -0.2) is 9.18 Å². The minimum atomic E-state index is -1.55. The second-order valence-corrected chi connectivity index (χ2v) is 5.59. The summed E-state index contributed by atoms with van der Waals surface area (Å²) in [5.41, 5.74) is -0.572. The van der Waals surface area contributed by atoms with Crippen LogP contribution >= 0.6 is 0 Å². The smallest absolute Gasteiger partial charge is 0.413 e. The Bertz CT molecular complexity index is 304. The molecule has 16 heavy (non-hydrogen) atoms. The van der Waals surface area contributed by atoms with Gasteiger partial charge < -0.3 is 10.1 Å². The quantitative estimate of drug-likeness (QED) is 0.649. The zero-order chi connectivity index (χ0) is 12.0. The van der Waals surface area contributed by atoms with E-state index in [1.54, 1.807) is 20.8 Å². The lowest BCUT2D eigenvalue weighted by Gasteiger charge is -2.39. The van der Waals surface area contributed by atoms with Crippen molar-refractivity contribution in [2.24, 2.45) is 0 Å². The molecule has 5 heteroatoms. The van der Waals surface area contributed by atoms with Crippen LogP contribution in [0.15, 0.2) is 0 Å². The van der Waals surface area contributed by atoms with Crippen LogP contribution in [0.25, 0.3) is 0 Å². The van der Waals surface area contributed by atoms with Gasteiger partial charge in [-0.1, -0.05) is 0 Å². The van der Waals surface area contributed by atoms with Crippen LogP contribution in [-0.4, -0.2) is 41.5 Å². The summed E-state index contributed by atoms with van der Waals surface area (Å²) in [5, 5.41) is 3.01. The summed E-state index contributed by atoms with van der Waals surface area (Å²) in [7, 11) is 0. The molecule has 94 valence electrons. The number of amides is 1. The molecule has 2 rings (SSSR count). The second kappa shape index (κ2) is 3.58. The number of carbonyl (C=O) groups excluding carboxylic acids is 1. The van der Waals surface area contributed by atoms with E-state index in [0.29, 0.717) is 19.4 Å². The highest BCUT2D eigenvalue weighted by atomic mass is 19.1. The predicted molar refractivity (Wildman–Crippen MR) is 59.9 cm³/mol. The number of ether oxygens (including phenoxy) is 1. The van der Waals surface area contributed by atoms with Crippen LogP contribution in [0.1, 0.15) is 35.0 Å². The van der Waals surface area contributed by atoms with E-state index in [1.165, 1.54) is 4.90 Å². The molecule has 0 saturated carbocycles. The van der Waals surface area contributed by atoms with E-state index >= 15 is 0 Å². The number of rotatable bonds is 0. The highest BCUT2D eigenvalue weighted by Crippen LogP contribution is 2.38. The third-order valence-corrected chi connectivity index (χ3v) is 3.02. The molecule has 2 aliphatic rings. The lowest BCUT2D eigenvalue weighted by atomic mass is 10.2. The lowest BCUT2D eigenvalue weighted by Crippen LogP contribution is -2.60. The van der Waals surface area contributed by atoms with Crippen molar-refractivity contribution in [1.82, 2.24) is 10.2 Å². The molecule has 2 fully saturated rings. The molecule has 2 aliphatic heterocycles. The van der Waals surface area contributed by atoms with Gasteiger partial charge in [-0.3, -0.25) is 4.90 Å². The Morgan fingerprint density at radius 2 is 2.31 bits per heavy atom. The summed E-state index contributed by atoms with van der Waals surface area (Å²) in [6, 6.07) is -0.0615. The van der Waals surface area contributed by atoms with E-state index in [4.69, 9.17) is 4.74 Å².